The molecule has 2 N–H and O–H groups in total. The summed E-state index contributed by atoms with van der Waals surface area (Å²) in [6, 6.07) is 7.57. The summed E-state index contributed by atoms with van der Waals surface area (Å²) in [5, 5.41) is 12.0. The summed E-state index contributed by atoms with van der Waals surface area (Å²) in [6.07, 6.45) is 3.64. The van der Waals surface area contributed by atoms with Crippen molar-refractivity contribution in [1.82, 2.24) is 10.2 Å². The normalized spacial score (nSPS) is 25.4. The summed E-state index contributed by atoms with van der Waals surface area (Å²) >= 11 is 0. The Labute approximate surface area is 123 Å². The van der Waals surface area contributed by atoms with Crippen LogP contribution in [0.4, 0.5) is 4.79 Å². The quantitative estimate of drug-likeness (QED) is 0.896. The molecule has 1 heterocycles. The molecule has 2 unspecified atom stereocenters. The van der Waals surface area contributed by atoms with Crippen LogP contribution in [0.15, 0.2) is 30.3 Å². The van der Waals surface area contributed by atoms with Gasteiger partial charge in [-0.3, -0.25) is 0 Å². The molecule has 1 aliphatic carbocycles. The molecule has 1 aromatic carbocycles. The predicted octanol–water partition coefficient (Wildman–Crippen LogP) is 2.25. The number of hydrogen-bond donors (Lipinski definition) is 2. The molecule has 1 saturated carbocycles. The standard InChI is InChI=1S/C16H20N2O3/c19-15(20)14(11-5-2-1-3-6-11)17-16(21)18-9-12-7-4-8-13(12)10-18/h1-3,5-6,12-14H,4,7-10H2,(H,17,21)(H,19,20)/t12?,13?,14-/m1/s1. The third-order valence-electron chi connectivity index (χ3n) is 4.66. The smallest absolute Gasteiger partial charge is 0.330 e. The maximum absolute atomic E-state index is 12.3. The van der Waals surface area contributed by atoms with Gasteiger partial charge in [0.1, 0.15) is 0 Å². The van der Waals surface area contributed by atoms with Crippen molar-refractivity contribution in [1.29, 1.82) is 0 Å². The van der Waals surface area contributed by atoms with E-state index in [2.05, 4.69) is 5.32 Å². The molecule has 1 saturated heterocycles. The fourth-order valence-electron chi connectivity index (χ4n) is 3.55. The minimum absolute atomic E-state index is 0.263. The number of amides is 2. The fourth-order valence-corrected chi connectivity index (χ4v) is 3.55. The first-order chi connectivity index (χ1) is 10.1. The number of carbonyl (C=O) groups is 2. The molecule has 5 nitrogen and oxygen atoms in total. The van der Waals surface area contributed by atoms with Gasteiger partial charge in [-0.1, -0.05) is 36.8 Å². The molecule has 3 atom stereocenters. The summed E-state index contributed by atoms with van der Waals surface area (Å²) in [5.74, 6) is 0.181. The summed E-state index contributed by atoms with van der Waals surface area (Å²) in [4.78, 5) is 25.5. The molecule has 5 heteroatoms. The first-order valence-corrected chi connectivity index (χ1v) is 7.48. The van der Waals surface area contributed by atoms with Crippen LogP contribution >= 0.6 is 0 Å². The molecule has 0 aromatic heterocycles. The van der Waals surface area contributed by atoms with Gasteiger partial charge >= 0.3 is 12.0 Å². The van der Waals surface area contributed by atoms with Gasteiger partial charge in [0, 0.05) is 13.1 Å². The highest BCUT2D eigenvalue weighted by atomic mass is 16.4. The summed E-state index contributed by atoms with van der Waals surface area (Å²) in [6.45, 7) is 1.52. The third kappa shape index (κ3) is 2.86. The van der Waals surface area contributed by atoms with Crippen molar-refractivity contribution in [3.63, 3.8) is 0 Å². The van der Waals surface area contributed by atoms with Gasteiger partial charge in [0.25, 0.3) is 0 Å². The van der Waals surface area contributed by atoms with Crippen LogP contribution in [-0.4, -0.2) is 35.1 Å². The molecular formula is C16H20N2O3. The van der Waals surface area contributed by atoms with Crippen LogP contribution in [0.25, 0.3) is 0 Å². The lowest BCUT2D eigenvalue weighted by atomic mass is 10.0. The first-order valence-electron chi connectivity index (χ1n) is 7.48. The Morgan fingerprint density at radius 2 is 1.76 bits per heavy atom. The van der Waals surface area contributed by atoms with Crippen LogP contribution in [-0.2, 0) is 4.79 Å². The van der Waals surface area contributed by atoms with Crippen molar-refractivity contribution in [2.24, 2.45) is 11.8 Å². The highest BCUT2D eigenvalue weighted by Gasteiger charge is 2.38. The zero-order chi connectivity index (χ0) is 14.8. The van der Waals surface area contributed by atoms with Crippen LogP contribution in [0.3, 0.4) is 0 Å². The molecule has 0 radical (unpaired) electrons. The van der Waals surface area contributed by atoms with E-state index in [1.807, 2.05) is 6.07 Å². The first kappa shape index (κ1) is 13.9. The molecule has 2 fully saturated rings. The molecule has 2 amide bonds. The number of carboxylic acid groups (broad SMARTS) is 1. The maximum Gasteiger partial charge on any atom is 0.330 e. The highest BCUT2D eigenvalue weighted by molar-refractivity contribution is 5.83. The largest absolute Gasteiger partial charge is 0.479 e. The van der Waals surface area contributed by atoms with Crippen LogP contribution < -0.4 is 5.32 Å². The molecular weight excluding hydrogens is 268 g/mol. The van der Waals surface area contributed by atoms with E-state index >= 15 is 0 Å². The molecule has 0 bridgehead atoms. The molecule has 2 aliphatic rings. The molecule has 1 aliphatic heterocycles. The van der Waals surface area contributed by atoms with Gasteiger partial charge in [0.05, 0.1) is 0 Å². The van der Waals surface area contributed by atoms with Gasteiger partial charge in [-0.05, 0) is 30.2 Å². The van der Waals surface area contributed by atoms with Gasteiger partial charge in [0.15, 0.2) is 6.04 Å². The van der Waals surface area contributed by atoms with Crippen molar-refractivity contribution in [2.45, 2.75) is 25.3 Å². The summed E-state index contributed by atoms with van der Waals surface area (Å²) in [5.41, 5.74) is 0.595. The fraction of sp³-hybridized carbons (Fsp3) is 0.500. The Morgan fingerprint density at radius 3 is 2.33 bits per heavy atom. The van der Waals surface area contributed by atoms with Crippen molar-refractivity contribution in [3.8, 4) is 0 Å². The lowest BCUT2D eigenvalue weighted by molar-refractivity contribution is -0.139. The summed E-state index contributed by atoms with van der Waals surface area (Å²) in [7, 11) is 0. The van der Waals surface area contributed by atoms with Gasteiger partial charge in [0.2, 0.25) is 0 Å². The van der Waals surface area contributed by atoms with Crippen LogP contribution in [0.5, 0.6) is 0 Å². The van der Waals surface area contributed by atoms with Crippen LogP contribution in [0.2, 0.25) is 0 Å². The number of aliphatic carboxylic acids is 1. The Hall–Kier alpha value is -2.04. The van der Waals surface area contributed by atoms with Crippen LogP contribution in [0, 0.1) is 11.8 Å². The summed E-state index contributed by atoms with van der Waals surface area (Å²) < 4.78 is 0. The van der Waals surface area contributed by atoms with Crippen molar-refractivity contribution in [2.75, 3.05) is 13.1 Å². The predicted molar refractivity (Wildman–Crippen MR) is 77.8 cm³/mol. The minimum atomic E-state index is -1.03. The highest BCUT2D eigenvalue weighted by Crippen LogP contribution is 2.37. The number of rotatable bonds is 3. The van der Waals surface area contributed by atoms with E-state index < -0.39 is 12.0 Å². The number of hydrogen-bond acceptors (Lipinski definition) is 2. The number of nitrogens with zero attached hydrogens (tertiary/aromatic N) is 1. The van der Waals surface area contributed by atoms with E-state index in [1.54, 1.807) is 29.2 Å². The molecule has 0 spiro atoms. The van der Waals surface area contributed by atoms with Gasteiger partial charge in [-0.25, -0.2) is 9.59 Å². The Bertz CT molecular complexity index is 520. The minimum Gasteiger partial charge on any atom is -0.479 e. The number of carbonyl (C=O) groups excluding carboxylic acids is 1. The average molecular weight is 288 g/mol. The maximum atomic E-state index is 12.3. The lowest BCUT2D eigenvalue weighted by Gasteiger charge is -2.22. The van der Waals surface area contributed by atoms with Gasteiger partial charge in [-0.15, -0.1) is 0 Å². The second kappa shape index (κ2) is 5.76. The molecule has 3 rings (SSSR count). The zero-order valence-electron chi connectivity index (χ0n) is 11.9. The van der Waals surface area contributed by atoms with Crippen molar-refractivity contribution >= 4 is 12.0 Å². The Kier molecular flexibility index (Phi) is 3.82. The number of urea groups is 1. The second-order valence-electron chi connectivity index (χ2n) is 5.99. The van der Waals surface area contributed by atoms with E-state index in [4.69, 9.17) is 0 Å². The molecule has 112 valence electrons. The van der Waals surface area contributed by atoms with E-state index in [0.29, 0.717) is 17.4 Å². The topological polar surface area (TPSA) is 69.6 Å². The Morgan fingerprint density at radius 1 is 1.14 bits per heavy atom. The third-order valence-corrected chi connectivity index (χ3v) is 4.66. The van der Waals surface area contributed by atoms with Gasteiger partial charge in [-0.2, -0.15) is 0 Å². The number of carboxylic acids is 1. The van der Waals surface area contributed by atoms with E-state index in [0.717, 1.165) is 13.1 Å². The van der Waals surface area contributed by atoms with Crippen molar-refractivity contribution < 1.29 is 14.7 Å². The lowest BCUT2D eigenvalue weighted by Crippen LogP contribution is -2.43. The van der Waals surface area contributed by atoms with E-state index in [1.165, 1.54) is 19.3 Å². The molecule has 21 heavy (non-hydrogen) atoms. The van der Waals surface area contributed by atoms with E-state index in [9.17, 15) is 14.7 Å². The van der Waals surface area contributed by atoms with Gasteiger partial charge < -0.3 is 15.3 Å². The SMILES string of the molecule is O=C(O)[C@H](NC(=O)N1CC2CCCC2C1)c1ccccc1. The van der Waals surface area contributed by atoms with Crippen molar-refractivity contribution in [3.05, 3.63) is 35.9 Å². The van der Waals surface area contributed by atoms with E-state index in [-0.39, 0.29) is 6.03 Å². The zero-order valence-corrected chi connectivity index (χ0v) is 11.9. The number of nitrogens with one attached hydrogen (secondary N) is 1. The Balaban J connectivity index is 1.66. The number of benzene rings is 1. The average Bonchev–Trinajstić information content (AvgIpc) is 3.06. The number of likely N-dealkylation sites (tertiary alicyclic amines) is 1. The monoisotopic (exact) mass is 288 g/mol. The number of fused-ring (bicyclic) bond motifs is 1. The second-order valence-corrected chi connectivity index (χ2v) is 5.99. The molecule has 1 aromatic rings. The van der Waals surface area contributed by atoms with Crippen LogP contribution in [0.1, 0.15) is 30.9 Å².